The molecule has 9 heteroatoms. The minimum Gasteiger partial charge on any atom is -0.481 e. The van der Waals surface area contributed by atoms with Crippen LogP contribution in [0.25, 0.3) is 10.9 Å². The highest BCUT2D eigenvalue weighted by Crippen LogP contribution is 2.37. The summed E-state index contributed by atoms with van der Waals surface area (Å²) in [6, 6.07) is 17.5. The second-order valence-corrected chi connectivity index (χ2v) is 8.85. The number of aliphatic carboxylic acids is 1. The number of amides is 1. The Morgan fingerprint density at radius 1 is 0.971 bits per heavy atom. The number of carboxylic acids is 1. The van der Waals surface area contributed by atoms with Gasteiger partial charge in [0.15, 0.2) is 0 Å². The molecule has 0 atom stereocenters. The quantitative estimate of drug-likeness (QED) is 0.328. The van der Waals surface area contributed by atoms with Gasteiger partial charge < -0.3 is 20.2 Å². The molecule has 4 aromatic rings. The maximum absolute atomic E-state index is 12.6. The molecule has 178 valence electrons. The summed E-state index contributed by atoms with van der Waals surface area (Å²) in [5.41, 5.74) is 3.38. The normalized spacial score (nSPS) is 17.7. The van der Waals surface area contributed by atoms with Crippen molar-refractivity contribution in [2.24, 2.45) is 5.92 Å². The summed E-state index contributed by atoms with van der Waals surface area (Å²) in [4.78, 5) is 27.9. The number of carbonyl (C=O) groups is 2. The van der Waals surface area contributed by atoms with Crippen molar-refractivity contribution in [1.29, 1.82) is 0 Å². The molecule has 35 heavy (non-hydrogen) atoms. The van der Waals surface area contributed by atoms with E-state index in [4.69, 9.17) is 9.52 Å². The van der Waals surface area contributed by atoms with Crippen molar-refractivity contribution in [1.82, 2.24) is 15.2 Å². The molecule has 3 N–H and O–H groups in total. The number of hydrogen-bond acceptors (Lipinski definition) is 7. The lowest BCUT2D eigenvalue weighted by molar-refractivity contribution is -0.138. The minimum atomic E-state index is -0.719. The van der Waals surface area contributed by atoms with E-state index in [2.05, 4.69) is 25.8 Å². The number of nitrogens with one attached hydrogen (secondary N) is 2. The highest BCUT2D eigenvalue weighted by atomic mass is 16.4. The second-order valence-electron chi connectivity index (χ2n) is 8.85. The van der Waals surface area contributed by atoms with Crippen LogP contribution < -0.4 is 10.6 Å². The van der Waals surface area contributed by atoms with Gasteiger partial charge in [-0.15, -0.1) is 5.10 Å². The Hall–Kier alpha value is -4.27. The molecule has 1 saturated carbocycles. The van der Waals surface area contributed by atoms with Crippen LogP contribution in [0.15, 0.2) is 65.2 Å². The zero-order valence-corrected chi connectivity index (χ0v) is 19.0. The third kappa shape index (κ3) is 5.46. The zero-order chi connectivity index (χ0) is 24.2. The first-order valence-corrected chi connectivity index (χ1v) is 11.6. The maximum Gasteiger partial charge on any atom is 0.320 e. The minimum absolute atomic E-state index is 0.0982. The first-order valence-electron chi connectivity index (χ1n) is 11.6. The highest BCUT2D eigenvalue weighted by molar-refractivity contribution is 6.00. The molecule has 0 aliphatic heterocycles. The Labute approximate surface area is 201 Å². The van der Waals surface area contributed by atoms with Crippen molar-refractivity contribution in [2.75, 3.05) is 10.6 Å². The number of rotatable bonds is 7. The third-order valence-electron chi connectivity index (χ3n) is 6.41. The average Bonchev–Trinajstić information content (AvgIpc) is 3.33. The predicted molar refractivity (Wildman–Crippen MR) is 131 cm³/mol. The van der Waals surface area contributed by atoms with Crippen LogP contribution >= 0.6 is 0 Å². The Bertz CT molecular complexity index is 1340. The van der Waals surface area contributed by atoms with E-state index in [-0.39, 0.29) is 24.2 Å². The Kier molecular flexibility index (Phi) is 6.38. The van der Waals surface area contributed by atoms with E-state index in [1.165, 1.54) is 5.56 Å². The first kappa shape index (κ1) is 22.5. The van der Waals surface area contributed by atoms with Crippen LogP contribution in [-0.4, -0.2) is 32.2 Å². The van der Waals surface area contributed by atoms with Crippen molar-refractivity contribution in [3.8, 4) is 0 Å². The summed E-state index contributed by atoms with van der Waals surface area (Å²) >= 11 is 0. The van der Waals surface area contributed by atoms with Crippen molar-refractivity contribution < 1.29 is 19.1 Å². The van der Waals surface area contributed by atoms with Crippen LogP contribution in [0.5, 0.6) is 0 Å². The summed E-state index contributed by atoms with van der Waals surface area (Å²) in [5, 5.41) is 23.4. The number of nitrogens with zero attached hydrogens (tertiary/aromatic N) is 3. The van der Waals surface area contributed by atoms with E-state index in [9.17, 15) is 9.59 Å². The van der Waals surface area contributed by atoms with Crippen molar-refractivity contribution >= 4 is 40.2 Å². The topological polar surface area (TPSA) is 130 Å². The number of aromatic nitrogens is 3. The molecule has 0 radical (unpaired) electrons. The Morgan fingerprint density at radius 2 is 1.74 bits per heavy atom. The van der Waals surface area contributed by atoms with Gasteiger partial charge in [-0.2, -0.15) is 0 Å². The lowest BCUT2D eigenvalue weighted by Gasteiger charge is -2.28. The van der Waals surface area contributed by atoms with Crippen LogP contribution in [-0.2, 0) is 4.79 Å². The molecule has 0 saturated heterocycles. The van der Waals surface area contributed by atoms with Crippen LogP contribution in [0.4, 0.5) is 17.4 Å². The number of pyridine rings is 1. The molecule has 1 fully saturated rings. The molecule has 2 heterocycles. The number of carbonyl (C=O) groups excluding carboxylic acids is 1. The van der Waals surface area contributed by atoms with Crippen LogP contribution in [0.1, 0.15) is 54.3 Å². The SMILES string of the molecule is O=C(O)CC1CCC(c2ccc(NC(=O)c3nnc(Nc4cnc5ccccc5c4)o3)cc2)CC1. The van der Waals surface area contributed by atoms with Gasteiger partial charge in [-0.25, -0.2) is 0 Å². The van der Waals surface area contributed by atoms with Crippen molar-refractivity contribution in [3.05, 3.63) is 72.2 Å². The molecule has 5 rings (SSSR count). The summed E-state index contributed by atoms with van der Waals surface area (Å²) in [7, 11) is 0. The highest BCUT2D eigenvalue weighted by Gasteiger charge is 2.24. The number of fused-ring (bicyclic) bond motifs is 1. The second kappa shape index (κ2) is 9.92. The van der Waals surface area contributed by atoms with E-state index >= 15 is 0 Å². The molecule has 0 bridgehead atoms. The van der Waals surface area contributed by atoms with Crippen LogP contribution in [0.3, 0.4) is 0 Å². The fourth-order valence-electron chi connectivity index (χ4n) is 4.60. The van der Waals surface area contributed by atoms with Gasteiger partial charge in [-0.1, -0.05) is 35.4 Å². The monoisotopic (exact) mass is 471 g/mol. The first-order chi connectivity index (χ1) is 17.0. The molecular weight excluding hydrogens is 446 g/mol. The van der Waals surface area contributed by atoms with Crippen molar-refractivity contribution in [3.63, 3.8) is 0 Å². The standard InChI is InChI=1S/C26H25N5O4/c32-23(33)13-16-5-7-17(8-6-16)18-9-11-20(12-10-18)28-24(34)25-30-31-26(35-25)29-21-14-19-3-1-2-4-22(19)27-15-21/h1-4,9-12,14-17H,5-8,13H2,(H,28,34)(H,29,31)(H,32,33). The Balaban J connectivity index is 1.17. The lowest BCUT2D eigenvalue weighted by Crippen LogP contribution is -2.16. The maximum atomic E-state index is 12.6. The van der Waals surface area contributed by atoms with Gasteiger partial charge in [-0.05, 0) is 67.3 Å². The molecule has 0 spiro atoms. The van der Waals surface area contributed by atoms with Gasteiger partial charge in [0.25, 0.3) is 0 Å². The fraction of sp³-hybridized carbons (Fsp3) is 0.269. The van der Waals surface area contributed by atoms with Crippen LogP contribution in [0.2, 0.25) is 0 Å². The molecule has 2 aromatic carbocycles. The van der Waals surface area contributed by atoms with Gasteiger partial charge in [0.2, 0.25) is 0 Å². The molecule has 9 nitrogen and oxygen atoms in total. The molecule has 1 amide bonds. The molecule has 1 aliphatic rings. The molecule has 2 aromatic heterocycles. The van der Waals surface area contributed by atoms with Gasteiger partial charge in [0.05, 0.1) is 17.4 Å². The smallest absolute Gasteiger partial charge is 0.320 e. The summed E-state index contributed by atoms with van der Waals surface area (Å²) < 4.78 is 5.48. The third-order valence-corrected chi connectivity index (χ3v) is 6.41. The van der Waals surface area contributed by atoms with Gasteiger partial charge in [0, 0.05) is 17.5 Å². The number of carboxylic acid groups (broad SMARTS) is 1. The number of benzene rings is 2. The average molecular weight is 472 g/mol. The lowest BCUT2D eigenvalue weighted by atomic mass is 9.77. The van der Waals surface area contributed by atoms with E-state index in [1.54, 1.807) is 6.20 Å². The number of para-hydroxylation sites is 1. The predicted octanol–water partition coefficient (Wildman–Crippen LogP) is 5.36. The molecule has 1 aliphatic carbocycles. The van der Waals surface area contributed by atoms with Crippen molar-refractivity contribution in [2.45, 2.75) is 38.0 Å². The van der Waals surface area contributed by atoms with Gasteiger partial charge in [-0.3, -0.25) is 14.6 Å². The van der Waals surface area contributed by atoms with Crippen LogP contribution in [0, 0.1) is 5.92 Å². The largest absolute Gasteiger partial charge is 0.481 e. The molecular formula is C26H25N5O4. The van der Waals surface area contributed by atoms with E-state index in [0.29, 0.717) is 17.3 Å². The van der Waals surface area contributed by atoms with Gasteiger partial charge in [0.1, 0.15) is 0 Å². The zero-order valence-electron chi connectivity index (χ0n) is 19.0. The summed E-state index contributed by atoms with van der Waals surface area (Å²) in [6.45, 7) is 0. The Morgan fingerprint density at radius 3 is 2.51 bits per heavy atom. The fourth-order valence-corrected chi connectivity index (χ4v) is 4.60. The van der Waals surface area contributed by atoms with Gasteiger partial charge >= 0.3 is 23.8 Å². The van der Waals surface area contributed by atoms with E-state index in [1.807, 2.05) is 54.6 Å². The summed E-state index contributed by atoms with van der Waals surface area (Å²) in [6.07, 6.45) is 5.73. The van der Waals surface area contributed by atoms with E-state index in [0.717, 1.165) is 36.6 Å². The summed E-state index contributed by atoms with van der Waals surface area (Å²) in [5.74, 6) is -0.679. The van der Waals surface area contributed by atoms with E-state index < -0.39 is 11.9 Å². The molecule has 0 unspecified atom stereocenters. The number of hydrogen-bond donors (Lipinski definition) is 3. The number of anilines is 3.